The highest BCUT2D eigenvalue weighted by molar-refractivity contribution is 6.07. The van der Waals surface area contributed by atoms with Gasteiger partial charge in [0.05, 0.1) is 11.8 Å². The van der Waals surface area contributed by atoms with Gasteiger partial charge in [0.25, 0.3) is 0 Å². The second-order valence-electron chi connectivity index (χ2n) is 5.87. The number of imide groups is 1. The fraction of sp³-hybridized carbons (Fsp3) is 0.333. The lowest BCUT2D eigenvalue weighted by molar-refractivity contribution is -0.152. The monoisotopic (exact) mass is 327 g/mol. The summed E-state index contributed by atoms with van der Waals surface area (Å²) in [6.45, 7) is -0.847. The maximum atomic E-state index is 12.2. The Morgan fingerprint density at radius 2 is 1.58 bits per heavy atom. The highest BCUT2D eigenvalue weighted by Crippen LogP contribution is 2.34. The molecule has 0 aromatic heterocycles. The molecule has 1 aromatic carbocycles. The number of amides is 2. The quantitative estimate of drug-likeness (QED) is 0.353. The molecule has 6 heteroatoms. The molecule has 0 spiro atoms. The van der Waals surface area contributed by atoms with Gasteiger partial charge in [-0.25, -0.2) is 0 Å². The predicted octanol–water partition coefficient (Wildman–Crippen LogP) is 1.36. The Balaban J connectivity index is 1.55. The number of Topliss-reactive ketones (excluding diaryl/α,β-unsaturated/α-hetero) is 1. The molecule has 3 rings (SSSR count). The van der Waals surface area contributed by atoms with E-state index in [9.17, 15) is 19.2 Å². The number of carbonyl (C=O) groups excluding carboxylic acids is 4. The normalized spacial score (nSPS) is 22.4. The van der Waals surface area contributed by atoms with Crippen LogP contribution >= 0.6 is 0 Å². The van der Waals surface area contributed by atoms with Crippen LogP contribution in [0.15, 0.2) is 42.5 Å². The van der Waals surface area contributed by atoms with Crippen molar-refractivity contribution in [2.45, 2.75) is 12.8 Å². The Morgan fingerprint density at radius 3 is 2.17 bits per heavy atom. The first-order chi connectivity index (χ1) is 11.6. The van der Waals surface area contributed by atoms with E-state index < -0.39 is 19.1 Å². The number of hydrogen-bond acceptors (Lipinski definition) is 5. The van der Waals surface area contributed by atoms with E-state index in [1.165, 1.54) is 0 Å². The molecule has 2 amide bonds. The summed E-state index contributed by atoms with van der Waals surface area (Å²) in [7, 11) is 0. The summed E-state index contributed by atoms with van der Waals surface area (Å²) in [5, 5.41) is 0. The summed E-state index contributed by atoms with van der Waals surface area (Å²) in [5.41, 5.74) is 0.440. The molecule has 2 aliphatic rings. The zero-order valence-electron chi connectivity index (χ0n) is 13.0. The van der Waals surface area contributed by atoms with Crippen molar-refractivity contribution in [1.29, 1.82) is 0 Å². The average molecular weight is 327 g/mol. The SMILES string of the molecule is O=C(CN1C(=O)[C@@H]2CC=CC[C@H]2C1=O)OCC(=O)c1ccccc1. The fourth-order valence-corrected chi connectivity index (χ4v) is 3.05. The van der Waals surface area contributed by atoms with Crippen LogP contribution in [0.2, 0.25) is 0 Å². The number of hydrogen-bond donors (Lipinski definition) is 0. The van der Waals surface area contributed by atoms with E-state index in [2.05, 4.69) is 0 Å². The molecule has 0 N–H and O–H groups in total. The lowest BCUT2D eigenvalue weighted by atomic mass is 9.85. The molecule has 124 valence electrons. The molecular weight excluding hydrogens is 310 g/mol. The highest BCUT2D eigenvalue weighted by Gasteiger charge is 2.47. The molecule has 24 heavy (non-hydrogen) atoms. The highest BCUT2D eigenvalue weighted by atomic mass is 16.5. The number of carbonyl (C=O) groups is 4. The maximum Gasteiger partial charge on any atom is 0.326 e. The van der Waals surface area contributed by atoms with E-state index in [0.29, 0.717) is 18.4 Å². The number of likely N-dealkylation sites (tertiary alicyclic amines) is 1. The fourth-order valence-electron chi connectivity index (χ4n) is 3.05. The molecule has 0 saturated carbocycles. The molecule has 1 aliphatic heterocycles. The summed E-state index contributed by atoms with van der Waals surface area (Å²) in [5.74, 6) is -2.50. The van der Waals surface area contributed by atoms with Gasteiger partial charge in [-0.1, -0.05) is 42.5 Å². The minimum atomic E-state index is -0.757. The van der Waals surface area contributed by atoms with E-state index in [0.717, 1.165) is 4.90 Å². The van der Waals surface area contributed by atoms with Crippen LogP contribution in [-0.2, 0) is 19.1 Å². The molecule has 2 atom stereocenters. The third kappa shape index (κ3) is 3.13. The number of benzene rings is 1. The van der Waals surface area contributed by atoms with Gasteiger partial charge in [0, 0.05) is 5.56 Å². The summed E-state index contributed by atoms with van der Waals surface area (Å²) < 4.78 is 4.92. The van der Waals surface area contributed by atoms with Crippen molar-refractivity contribution < 1.29 is 23.9 Å². The van der Waals surface area contributed by atoms with Crippen LogP contribution in [-0.4, -0.2) is 41.6 Å². The third-order valence-corrected chi connectivity index (χ3v) is 4.35. The number of fused-ring (bicyclic) bond motifs is 1. The summed E-state index contributed by atoms with van der Waals surface area (Å²) in [6, 6.07) is 8.46. The molecule has 0 radical (unpaired) electrons. The van der Waals surface area contributed by atoms with Gasteiger partial charge in [0.1, 0.15) is 6.54 Å². The van der Waals surface area contributed by atoms with Gasteiger partial charge >= 0.3 is 5.97 Å². The second kappa shape index (κ2) is 6.78. The first-order valence-electron chi connectivity index (χ1n) is 7.82. The van der Waals surface area contributed by atoms with E-state index in [-0.39, 0.29) is 29.4 Å². The van der Waals surface area contributed by atoms with E-state index in [1.807, 2.05) is 12.2 Å². The van der Waals surface area contributed by atoms with Crippen LogP contribution in [0.25, 0.3) is 0 Å². The van der Waals surface area contributed by atoms with Crippen molar-refractivity contribution in [3.8, 4) is 0 Å². The molecular formula is C18H17NO5. The molecule has 0 unspecified atom stereocenters. The molecule has 6 nitrogen and oxygen atoms in total. The predicted molar refractivity (Wildman–Crippen MR) is 83.8 cm³/mol. The van der Waals surface area contributed by atoms with Gasteiger partial charge in [0.15, 0.2) is 12.4 Å². The molecule has 1 aromatic rings. The van der Waals surface area contributed by atoms with Gasteiger partial charge < -0.3 is 4.74 Å². The Labute approximate surface area is 139 Å². The van der Waals surface area contributed by atoms with Crippen molar-refractivity contribution in [1.82, 2.24) is 4.90 Å². The number of allylic oxidation sites excluding steroid dienone is 2. The first kappa shape index (κ1) is 16.1. The molecule has 1 aliphatic carbocycles. The zero-order chi connectivity index (χ0) is 17.1. The Hall–Kier alpha value is -2.76. The Bertz CT molecular complexity index is 683. The minimum Gasteiger partial charge on any atom is -0.456 e. The number of esters is 1. The third-order valence-electron chi connectivity index (χ3n) is 4.35. The van der Waals surface area contributed by atoms with Crippen LogP contribution in [0.1, 0.15) is 23.2 Å². The number of nitrogens with zero attached hydrogens (tertiary/aromatic N) is 1. The average Bonchev–Trinajstić information content (AvgIpc) is 2.86. The molecule has 1 heterocycles. The van der Waals surface area contributed by atoms with E-state index in [1.54, 1.807) is 30.3 Å². The van der Waals surface area contributed by atoms with Crippen LogP contribution in [0, 0.1) is 11.8 Å². The second-order valence-corrected chi connectivity index (χ2v) is 5.87. The van der Waals surface area contributed by atoms with Gasteiger partial charge in [-0.15, -0.1) is 0 Å². The van der Waals surface area contributed by atoms with Crippen LogP contribution < -0.4 is 0 Å². The van der Waals surface area contributed by atoms with E-state index >= 15 is 0 Å². The van der Waals surface area contributed by atoms with Gasteiger partial charge in [-0.2, -0.15) is 0 Å². The van der Waals surface area contributed by atoms with Crippen molar-refractivity contribution >= 4 is 23.6 Å². The standard InChI is InChI=1S/C18H17NO5/c20-15(12-6-2-1-3-7-12)11-24-16(21)10-19-17(22)13-8-4-5-9-14(13)18(19)23/h1-7,13-14H,8-11H2/t13-,14-/m1/s1. The molecule has 0 bridgehead atoms. The summed E-state index contributed by atoms with van der Waals surface area (Å²) >= 11 is 0. The van der Waals surface area contributed by atoms with Gasteiger partial charge in [0.2, 0.25) is 11.8 Å². The molecule has 1 saturated heterocycles. The van der Waals surface area contributed by atoms with Crippen LogP contribution in [0.4, 0.5) is 0 Å². The zero-order valence-corrected chi connectivity index (χ0v) is 13.0. The van der Waals surface area contributed by atoms with Crippen molar-refractivity contribution in [2.75, 3.05) is 13.2 Å². The Morgan fingerprint density at radius 1 is 1.00 bits per heavy atom. The summed E-state index contributed by atoms with van der Waals surface area (Å²) in [6.07, 6.45) is 4.81. The maximum absolute atomic E-state index is 12.2. The smallest absolute Gasteiger partial charge is 0.326 e. The van der Waals surface area contributed by atoms with Gasteiger partial charge in [-0.3, -0.25) is 24.1 Å². The van der Waals surface area contributed by atoms with Crippen molar-refractivity contribution in [2.24, 2.45) is 11.8 Å². The van der Waals surface area contributed by atoms with Crippen LogP contribution in [0.5, 0.6) is 0 Å². The number of ketones is 1. The first-order valence-corrected chi connectivity index (χ1v) is 7.82. The lowest BCUT2D eigenvalue weighted by Crippen LogP contribution is -2.37. The molecule has 1 fully saturated rings. The van der Waals surface area contributed by atoms with E-state index in [4.69, 9.17) is 4.74 Å². The number of rotatable bonds is 5. The summed E-state index contributed by atoms with van der Waals surface area (Å²) in [4.78, 5) is 49.2. The number of ether oxygens (including phenoxy) is 1. The largest absolute Gasteiger partial charge is 0.456 e. The lowest BCUT2D eigenvalue weighted by Gasteiger charge is -2.14. The van der Waals surface area contributed by atoms with Crippen molar-refractivity contribution in [3.63, 3.8) is 0 Å². The van der Waals surface area contributed by atoms with Crippen LogP contribution in [0.3, 0.4) is 0 Å². The van der Waals surface area contributed by atoms with Crippen molar-refractivity contribution in [3.05, 3.63) is 48.0 Å². The Kier molecular flexibility index (Phi) is 4.55. The van der Waals surface area contributed by atoms with Gasteiger partial charge in [-0.05, 0) is 12.8 Å². The minimum absolute atomic E-state index is 0.333. The topological polar surface area (TPSA) is 80.8 Å².